The first kappa shape index (κ1) is 11.4. The van der Waals surface area contributed by atoms with E-state index in [4.69, 9.17) is 0 Å². The van der Waals surface area contributed by atoms with Crippen molar-refractivity contribution in [2.24, 2.45) is 0 Å². The first-order chi connectivity index (χ1) is 7.72. The van der Waals surface area contributed by atoms with Gasteiger partial charge in [0.2, 0.25) is 0 Å². The lowest BCUT2D eigenvalue weighted by Crippen LogP contribution is -2.31. The van der Waals surface area contributed by atoms with Crippen molar-refractivity contribution in [1.82, 2.24) is 5.32 Å². The number of rotatable bonds is 4. The summed E-state index contributed by atoms with van der Waals surface area (Å²) in [5.74, 6) is 0.665. The minimum Gasteiger partial charge on any atom is -0.316 e. The molecule has 0 aliphatic heterocycles. The van der Waals surface area contributed by atoms with Crippen LogP contribution in [0.1, 0.15) is 36.8 Å². The molecule has 16 heavy (non-hydrogen) atoms. The van der Waals surface area contributed by atoms with E-state index in [1.807, 2.05) is 0 Å². The third-order valence-electron chi connectivity index (χ3n) is 3.60. The van der Waals surface area contributed by atoms with Crippen LogP contribution in [0.25, 0.3) is 0 Å². The third-order valence-corrected chi connectivity index (χ3v) is 3.60. The normalized spacial score (nSPS) is 20.5. The van der Waals surface area contributed by atoms with Crippen molar-refractivity contribution in [2.75, 3.05) is 7.05 Å². The van der Waals surface area contributed by atoms with Crippen LogP contribution in [0.4, 0.5) is 0 Å². The van der Waals surface area contributed by atoms with E-state index < -0.39 is 0 Å². The smallest absolute Gasteiger partial charge is 0.0170 e. The van der Waals surface area contributed by atoms with E-state index >= 15 is 0 Å². The Morgan fingerprint density at radius 1 is 1.50 bits per heavy atom. The van der Waals surface area contributed by atoms with E-state index in [0.29, 0.717) is 12.0 Å². The average Bonchev–Trinajstić information content (AvgIpc) is 2.69. The second kappa shape index (κ2) is 4.84. The molecule has 0 amide bonds. The molecule has 2 unspecified atom stereocenters. The maximum Gasteiger partial charge on any atom is 0.0170 e. The van der Waals surface area contributed by atoms with Crippen molar-refractivity contribution >= 4 is 0 Å². The highest BCUT2D eigenvalue weighted by molar-refractivity contribution is 5.36. The van der Waals surface area contributed by atoms with Gasteiger partial charge in [0.1, 0.15) is 0 Å². The van der Waals surface area contributed by atoms with Gasteiger partial charge in [-0.3, -0.25) is 0 Å². The Kier molecular flexibility index (Phi) is 3.45. The van der Waals surface area contributed by atoms with E-state index in [1.54, 1.807) is 5.56 Å². The number of nitrogens with one attached hydrogen (secondary N) is 1. The number of likely N-dealkylation sites (N-methyl/N-ethyl adjacent to an activating group) is 1. The van der Waals surface area contributed by atoms with Gasteiger partial charge in [-0.05, 0) is 44.4 Å². The summed E-state index contributed by atoms with van der Waals surface area (Å²) in [4.78, 5) is 0. The van der Waals surface area contributed by atoms with Crippen molar-refractivity contribution in [2.45, 2.75) is 38.1 Å². The Labute approximate surface area is 98.6 Å². The van der Waals surface area contributed by atoms with Crippen LogP contribution in [0.2, 0.25) is 0 Å². The van der Waals surface area contributed by atoms with E-state index in [-0.39, 0.29) is 0 Å². The molecule has 1 aromatic rings. The molecule has 0 saturated carbocycles. The number of aryl methyl sites for hydroxylation is 1. The molecular formula is C15H21N. The highest BCUT2D eigenvalue weighted by Gasteiger charge is 2.28. The number of hydrogen-bond acceptors (Lipinski definition) is 1. The Balaban J connectivity index is 2.19. The second-order valence-corrected chi connectivity index (χ2v) is 4.90. The van der Waals surface area contributed by atoms with E-state index in [1.165, 1.54) is 24.0 Å². The van der Waals surface area contributed by atoms with E-state index in [9.17, 15) is 0 Å². The monoisotopic (exact) mass is 215 g/mol. The van der Waals surface area contributed by atoms with Gasteiger partial charge in [-0.2, -0.15) is 0 Å². The molecule has 0 fully saturated rings. The molecule has 1 N–H and O–H groups in total. The molecule has 1 aliphatic rings. The molecule has 1 nitrogen and oxygen atoms in total. The average molecular weight is 215 g/mol. The molecular weight excluding hydrogens is 194 g/mol. The Bertz CT molecular complexity index is 381. The maximum atomic E-state index is 4.03. The lowest BCUT2D eigenvalue weighted by molar-refractivity contribution is 0.455. The van der Waals surface area contributed by atoms with E-state index in [2.05, 4.69) is 50.1 Å². The minimum atomic E-state index is 0.543. The van der Waals surface area contributed by atoms with Gasteiger partial charge < -0.3 is 5.32 Å². The largest absolute Gasteiger partial charge is 0.316 e. The molecule has 86 valence electrons. The standard InChI is InChI=1S/C15H21N/c1-11(2)10-15(16-3)14-9-8-12-6-4-5-7-13(12)14/h4-7,14-16H,1,8-10H2,2-3H3. The van der Waals surface area contributed by atoms with Crippen molar-refractivity contribution in [3.05, 3.63) is 47.5 Å². The highest BCUT2D eigenvalue weighted by Crippen LogP contribution is 2.36. The predicted octanol–water partition coefficient (Wildman–Crippen LogP) is 3.27. The van der Waals surface area contributed by atoms with Crippen LogP contribution in [0.15, 0.2) is 36.4 Å². The first-order valence-corrected chi connectivity index (χ1v) is 6.12. The number of benzene rings is 1. The fraction of sp³-hybridized carbons (Fsp3) is 0.467. The molecule has 0 spiro atoms. The summed E-state index contributed by atoms with van der Waals surface area (Å²) < 4.78 is 0. The van der Waals surface area contributed by atoms with Crippen molar-refractivity contribution in [3.8, 4) is 0 Å². The van der Waals surface area contributed by atoms with Crippen molar-refractivity contribution < 1.29 is 0 Å². The lowest BCUT2D eigenvalue weighted by Gasteiger charge is -2.24. The van der Waals surface area contributed by atoms with Crippen LogP contribution in [-0.4, -0.2) is 13.1 Å². The zero-order valence-electron chi connectivity index (χ0n) is 10.3. The van der Waals surface area contributed by atoms with Crippen molar-refractivity contribution in [1.29, 1.82) is 0 Å². The fourth-order valence-electron chi connectivity index (χ4n) is 2.83. The SMILES string of the molecule is C=C(C)CC(NC)C1CCc2ccccc21. The van der Waals surface area contributed by atoms with Crippen LogP contribution >= 0.6 is 0 Å². The van der Waals surface area contributed by atoms with Gasteiger partial charge in [0.15, 0.2) is 0 Å². The van der Waals surface area contributed by atoms with Crippen LogP contribution in [0.5, 0.6) is 0 Å². The van der Waals surface area contributed by atoms with Gasteiger partial charge >= 0.3 is 0 Å². The summed E-state index contributed by atoms with van der Waals surface area (Å²) in [5.41, 5.74) is 4.35. The lowest BCUT2D eigenvalue weighted by atomic mass is 9.89. The molecule has 0 radical (unpaired) electrons. The highest BCUT2D eigenvalue weighted by atomic mass is 14.9. The first-order valence-electron chi connectivity index (χ1n) is 6.12. The maximum absolute atomic E-state index is 4.03. The molecule has 0 saturated heterocycles. The minimum absolute atomic E-state index is 0.543. The topological polar surface area (TPSA) is 12.0 Å². The zero-order chi connectivity index (χ0) is 11.5. The summed E-state index contributed by atoms with van der Waals surface area (Å²) in [7, 11) is 2.06. The summed E-state index contributed by atoms with van der Waals surface area (Å²) in [6.45, 7) is 6.15. The Morgan fingerprint density at radius 2 is 2.25 bits per heavy atom. The molecule has 0 bridgehead atoms. The van der Waals surface area contributed by atoms with Crippen LogP contribution in [0, 0.1) is 0 Å². The number of hydrogen-bond donors (Lipinski definition) is 1. The van der Waals surface area contributed by atoms with Gasteiger partial charge in [0.25, 0.3) is 0 Å². The zero-order valence-corrected chi connectivity index (χ0v) is 10.3. The fourth-order valence-corrected chi connectivity index (χ4v) is 2.83. The van der Waals surface area contributed by atoms with Gasteiger partial charge in [-0.15, -0.1) is 6.58 Å². The summed E-state index contributed by atoms with van der Waals surface area (Å²) >= 11 is 0. The van der Waals surface area contributed by atoms with Gasteiger partial charge in [-0.25, -0.2) is 0 Å². The quantitative estimate of drug-likeness (QED) is 0.760. The summed E-state index contributed by atoms with van der Waals surface area (Å²) in [6, 6.07) is 9.40. The molecule has 1 aromatic carbocycles. The summed E-state index contributed by atoms with van der Waals surface area (Å²) in [6.07, 6.45) is 3.59. The third kappa shape index (κ3) is 2.19. The molecule has 1 heteroatoms. The molecule has 2 rings (SSSR count). The molecule has 0 heterocycles. The Morgan fingerprint density at radius 3 is 2.94 bits per heavy atom. The molecule has 1 aliphatic carbocycles. The van der Waals surface area contributed by atoms with Crippen LogP contribution in [-0.2, 0) is 6.42 Å². The van der Waals surface area contributed by atoms with Crippen molar-refractivity contribution in [3.63, 3.8) is 0 Å². The van der Waals surface area contributed by atoms with E-state index in [0.717, 1.165) is 6.42 Å². The molecule has 2 atom stereocenters. The van der Waals surface area contributed by atoms with Crippen LogP contribution < -0.4 is 5.32 Å². The van der Waals surface area contributed by atoms with Gasteiger partial charge in [0.05, 0.1) is 0 Å². The van der Waals surface area contributed by atoms with Crippen LogP contribution in [0.3, 0.4) is 0 Å². The molecule has 0 aromatic heterocycles. The Hall–Kier alpha value is -1.08. The summed E-state index contributed by atoms with van der Waals surface area (Å²) in [5, 5.41) is 3.46. The number of fused-ring (bicyclic) bond motifs is 1. The van der Waals surface area contributed by atoms with Gasteiger partial charge in [0, 0.05) is 12.0 Å². The van der Waals surface area contributed by atoms with Gasteiger partial charge in [-0.1, -0.05) is 29.8 Å². The second-order valence-electron chi connectivity index (χ2n) is 4.90. The predicted molar refractivity (Wildman–Crippen MR) is 69.8 cm³/mol.